The number of likely N-dealkylation sites (N-methyl/N-ethyl adjacent to an activating group) is 1. The number of thiazole rings is 1. The van der Waals surface area contributed by atoms with E-state index in [9.17, 15) is 9.59 Å². The molecule has 1 aliphatic heterocycles. The molecule has 0 N–H and O–H groups in total. The summed E-state index contributed by atoms with van der Waals surface area (Å²) in [6.45, 7) is 3.73. The Hall–Kier alpha value is -2.97. The molecule has 0 saturated heterocycles. The van der Waals surface area contributed by atoms with Crippen LogP contribution in [0.1, 0.15) is 27.6 Å². The second kappa shape index (κ2) is 8.41. The van der Waals surface area contributed by atoms with Crippen LogP contribution in [0.3, 0.4) is 0 Å². The van der Waals surface area contributed by atoms with Gasteiger partial charge in [0.2, 0.25) is 0 Å². The van der Waals surface area contributed by atoms with E-state index in [-0.39, 0.29) is 11.7 Å². The number of hydrogen-bond donors (Lipinski definition) is 0. The molecule has 7 nitrogen and oxygen atoms in total. The van der Waals surface area contributed by atoms with Crippen molar-refractivity contribution in [2.45, 2.75) is 6.92 Å². The Balaban J connectivity index is 1.69. The summed E-state index contributed by atoms with van der Waals surface area (Å²) in [5.74, 6) is 1.20. The van der Waals surface area contributed by atoms with E-state index in [1.807, 2.05) is 31.1 Å². The predicted molar refractivity (Wildman–Crippen MR) is 117 cm³/mol. The van der Waals surface area contributed by atoms with Crippen LogP contribution in [0.15, 0.2) is 36.4 Å². The summed E-state index contributed by atoms with van der Waals surface area (Å²) in [4.78, 5) is 33.3. The number of hydrogen-bond acceptors (Lipinski definition) is 7. The first-order valence-electron chi connectivity index (χ1n) is 9.70. The summed E-state index contributed by atoms with van der Waals surface area (Å²) >= 11 is 1.45. The minimum atomic E-state index is -0.150. The molecule has 0 fully saturated rings. The van der Waals surface area contributed by atoms with Crippen LogP contribution in [0.5, 0.6) is 11.5 Å². The zero-order valence-electron chi connectivity index (χ0n) is 17.2. The number of anilines is 1. The predicted octanol–water partition coefficient (Wildman–Crippen LogP) is 3.48. The Morgan fingerprint density at radius 1 is 1.00 bits per heavy atom. The van der Waals surface area contributed by atoms with Gasteiger partial charge in [-0.15, -0.1) is 0 Å². The zero-order valence-corrected chi connectivity index (χ0v) is 18.0. The summed E-state index contributed by atoms with van der Waals surface area (Å²) < 4.78 is 12.3. The van der Waals surface area contributed by atoms with Crippen molar-refractivity contribution in [1.82, 2.24) is 9.88 Å². The average molecular weight is 426 g/mol. The van der Waals surface area contributed by atoms with Gasteiger partial charge in [-0.05, 0) is 33.2 Å². The number of carbonyl (C=O) groups excluding carboxylic acids is 2. The van der Waals surface area contributed by atoms with Crippen LogP contribution in [0.2, 0.25) is 0 Å². The van der Waals surface area contributed by atoms with Gasteiger partial charge in [0.1, 0.15) is 13.2 Å². The molecule has 0 aliphatic carbocycles. The normalized spacial score (nSPS) is 12.9. The number of nitrogens with zero attached hydrogens (tertiary/aromatic N) is 3. The van der Waals surface area contributed by atoms with Crippen molar-refractivity contribution in [3.8, 4) is 11.5 Å². The molecule has 3 aromatic rings. The maximum absolute atomic E-state index is 13.3. The van der Waals surface area contributed by atoms with E-state index in [1.165, 1.54) is 18.3 Å². The second-order valence-corrected chi connectivity index (χ2v) is 8.36. The first-order chi connectivity index (χ1) is 14.4. The Morgan fingerprint density at radius 3 is 2.27 bits per heavy atom. The highest BCUT2D eigenvalue weighted by Gasteiger charge is 2.23. The molecule has 0 radical (unpaired) electrons. The van der Waals surface area contributed by atoms with Crippen molar-refractivity contribution in [3.05, 3.63) is 47.5 Å². The van der Waals surface area contributed by atoms with E-state index in [4.69, 9.17) is 14.5 Å². The number of aromatic nitrogens is 1. The lowest BCUT2D eigenvalue weighted by molar-refractivity contribution is 0.0981. The largest absolute Gasteiger partial charge is 0.486 e. The maximum Gasteiger partial charge on any atom is 0.260 e. The molecular weight excluding hydrogens is 402 g/mol. The molecule has 0 bridgehead atoms. The Morgan fingerprint density at radius 2 is 1.63 bits per heavy atom. The van der Waals surface area contributed by atoms with E-state index in [2.05, 4.69) is 0 Å². The number of ether oxygens (including phenoxy) is 2. The summed E-state index contributed by atoms with van der Waals surface area (Å²) in [5.41, 5.74) is 1.87. The van der Waals surface area contributed by atoms with Gasteiger partial charge in [-0.25, -0.2) is 4.98 Å². The SMILES string of the molecule is CC(=O)c1ccc(C(=O)N(CCN(C)C)c2nc3cc4c(cc3s2)OCCO4)cc1. The van der Waals surface area contributed by atoms with Crippen molar-refractivity contribution in [2.75, 3.05) is 45.3 Å². The molecule has 0 unspecified atom stereocenters. The van der Waals surface area contributed by atoms with E-state index >= 15 is 0 Å². The highest BCUT2D eigenvalue weighted by molar-refractivity contribution is 7.22. The number of rotatable bonds is 6. The smallest absolute Gasteiger partial charge is 0.260 e. The van der Waals surface area contributed by atoms with Crippen LogP contribution < -0.4 is 14.4 Å². The number of amides is 1. The molecule has 0 saturated carbocycles. The Bertz CT molecular complexity index is 1050. The molecule has 30 heavy (non-hydrogen) atoms. The Kier molecular flexibility index (Phi) is 5.69. The van der Waals surface area contributed by atoms with E-state index < -0.39 is 0 Å². The molecule has 1 aliphatic rings. The average Bonchev–Trinajstić information content (AvgIpc) is 3.14. The van der Waals surface area contributed by atoms with Crippen molar-refractivity contribution < 1.29 is 19.1 Å². The minimum Gasteiger partial charge on any atom is -0.486 e. The fourth-order valence-corrected chi connectivity index (χ4v) is 4.16. The van der Waals surface area contributed by atoms with Crippen LogP contribution >= 0.6 is 11.3 Å². The highest BCUT2D eigenvalue weighted by Crippen LogP contribution is 2.39. The number of ketones is 1. The third-order valence-corrected chi connectivity index (χ3v) is 5.87. The quantitative estimate of drug-likeness (QED) is 0.563. The van der Waals surface area contributed by atoms with E-state index in [1.54, 1.807) is 29.2 Å². The monoisotopic (exact) mass is 425 g/mol. The summed E-state index contributed by atoms with van der Waals surface area (Å²) in [5, 5.41) is 0.620. The van der Waals surface area contributed by atoms with Crippen molar-refractivity contribution in [1.29, 1.82) is 0 Å². The summed E-state index contributed by atoms with van der Waals surface area (Å²) in [6.07, 6.45) is 0. The topological polar surface area (TPSA) is 72.0 Å². The van der Waals surface area contributed by atoms with Gasteiger partial charge in [-0.2, -0.15) is 0 Å². The molecule has 1 amide bonds. The van der Waals surface area contributed by atoms with Crippen LogP contribution in [0.4, 0.5) is 5.13 Å². The van der Waals surface area contributed by atoms with Gasteiger partial charge in [0.25, 0.3) is 5.91 Å². The first kappa shape index (κ1) is 20.3. The van der Waals surface area contributed by atoms with Gasteiger partial charge in [-0.3, -0.25) is 14.5 Å². The molecule has 4 rings (SSSR count). The molecule has 0 atom stereocenters. The van der Waals surface area contributed by atoms with Crippen LogP contribution in [0.25, 0.3) is 10.2 Å². The van der Waals surface area contributed by atoms with Crippen LogP contribution in [-0.4, -0.2) is 62.0 Å². The lowest BCUT2D eigenvalue weighted by Crippen LogP contribution is -2.36. The van der Waals surface area contributed by atoms with Gasteiger partial charge in [0.05, 0.1) is 10.2 Å². The number of carbonyl (C=O) groups is 2. The first-order valence-corrected chi connectivity index (χ1v) is 10.5. The van der Waals surface area contributed by atoms with Crippen molar-refractivity contribution >= 4 is 38.4 Å². The van der Waals surface area contributed by atoms with Crippen LogP contribution in [0, 0.1) is 0 Å². The fraction of sp³-hybridized carbons (Fsp3) is 0.318. The van der Waals surface area contributed by atoms with Gasteiger partial charge in [0.15, 0.2) is 22.4 Å². The molecule has 2 heterocycles. The van der Waals surface area contributed by atoms with Gasteiger partial charge in [0, 0.05) is 36.3 Å². The third-order valence-electron chi connectivity index (χ3n) is 4.83. The van der Waals surface area contributed by atoms with Gasteiger partial charge < -0.3 is 14.4 Å². The third kappa shape index (κ3) is 4.15. The summed E-state index contributed by atoms with van der Waals surface area (Å²) in [7, 11) is 3.93. The standard InChI is InChI=1S/C22H23N3O4S/c1-14(26)15-4-6-16(7-5-15)21(27)25(9-8-24(2)3)22-23-17-12-18-19(13-20(17)30-22)29-11-10-28-18/h4-7,12-13H,8-11H2,1-3H3. The Labute approximate surface area is 178 Å². The van der Waals surface area contributed by atoms with Crippen molar-refractivity contribution in [3.63, 3.8) is 0 Å². The fourth-order valence-electron chi connectivity index (χ4n) is 3.16. The maximum atomic E-state index is 13.3. The second-order valence-electron chi connectivity index (χ2n) is 7.35. The van der Waals surface area contributed by atoms with Gasteiger partial charge in [-0.1, -0.05) is 23.5 Å². The summed E-state index contributed by atoms with van der Waals surface area (Å²) in [6, 6.07) is 10.5. The zero-order chi connectivity index (χ0) is 21.3. The molecule has 8 heteroatoms. The lowest BCUT2D eigenvalue weighted by Gasteiger charge is -2.22. The number of Topliss-reactive ketones (excluding diaryl/α,β-unsaturated/α-hetero) is 1. The molecular formula is C22H23N3O4S. The number of fused-ring (bicyclic) bond motifs is 2. The molecule has 1 aromatic heterocycles. The van der Waals surface area contributed by atoms with Crippen molar-refractivity contribution in [2.24, 2.45) is 0 Å². The number of benzene rings is 2. The molecule has 2 aromatic carbocycles. The molecule has 0 spiro atoms. The van der Waals surface area contributed by atoms with Gasteiger partial charge >= 0.3 is 0 Å². The molecule has 156 valence electrons. The lowest BCUT2D eigenvalue weighted by atomic mass is 10.1. The minimum absolute atomic E-state index is 0.0296. The van der Waals surface area contributed by atoms with E-state index in [0.29, 0.717) is 54.1 Å². The van der Waals surface area contributed by atoms with Crippen LogP contribution in [-0.2, 0) is 0 Å². The van der Waals surface area contributed by atoms with E-state index in [0.717, 1.165) is 10.2 Å². The highest BCUT2D eigenvalue weighted by atomic mass is 32.1.